The number of carbonyl (C=O) groups excluding carboxylic acids is 1. The highest BCUT2D eigenvalue weighted by Gasteiger charge is 2.27. The first kappa shape index (κ1) is 14.7. The van der Waals surface area contributed by atoms with E-state index in [-0.39, 0.29) is 24.4 Å². The van der Waals surface area contributed by atoms with Crippen LogP contribution in [0.25, 0.3) is 0 Å². The summed E-state index contributed by atoms with van der Waals surface area (Å²) in [6, 6.07) is -0.0431. The van der Waals surface area contributed by atoms with E-state index < -0.39 is 0 Å². The van der Waals surface area contributed by atoms with Gasteiger partial charge in [0.1, 0.15) is 0 Å². The molecule has 1 heterocycles. The second-order valence-electron chi connectivity index (χ2n) is 5.32. The number of likely N-dealkylation sites (tertiary alicyclic amines) is 1. The average Bonchev–Trinajstić information content (AvgIpc) is 3.04. The number of hydrogen-bond donors (Lipinski definition) is 2. The summed E-state index contributed by atoms with van der Waals surface area (Å²) in [6.07, 6.45) is 4.99. The van der Waals surface area contributed by atoms with Crippen LogP contribution >= 0.6 is 12.4 Å². The number of nitrogens with one attached hydrogen (secondary N) is 1. The van der Waals surface area contributed by atoms with E-state index in [0.29, 0.717) is 6.04 Å². The Balaban J connectivity index is 0.00000144. The van der Waals surface area contributed by atoms with Gasteiger partial charge in [-0.15, -0.1) is 12.4 Å². The van der Waals surface area contributed by atoms with Crippen molar-refractivity contribution < 1.29 is 4.79 Å². The fraction of sp³-hybridized carbons (Fsp3) is 0.917. The molecule has 1 amide bonds. The Morgan fingerprint density at radius 2 is 1.94 bits per heavy atom. The van der Waals surface area contributed by atoms with Crippen LogP contribution in [0, 0.1) is 5.92 Å². The number of piperidine rings is 1. The first-order valence-electron chi connectivity index (χ1n) is 6.43. The van der Waals surface area contributed by atoms with E-state index in [0.717, 1.165) is 31.8 Å². The van der Waals surface area contributed by atoms with Crippen LogP contribution in [0.1, 0.15) is 32.6 Å². The highest BCUT2D eigenvalue weighted by Crippen LogP contribution is 2.30. The van der Waals surface area contributed by atoms with E-state index in [2.05, 4.69) is 10.2 Å². The van der Waals surface area contributed by atoms with Gasteiger partial charge in [-0.2, -0.15) is 0 Å². The normalized spacial score (nSPS) is 23.9. The first-order valence-corrected chi connectivity index (χ1v) is 6.43. The third-order valence-corrected chi connectivity index (χ3v) is 3.56. The summed E-state index contributed by atoms with van der Waals surface area (Å²) >= 11 is 0. The molecule has 1 saturated heterocycles. The minimum Gasteiger partial charge on any atom is -0.352 e. The molecule has 2 rings (SSSR count). The molecule has 2 aliphatic rings. The lowest BCUT2D eigenvalue weighted by Gasteiger charge is -2.32. The van der Waals surface area contributed by atoms with E-state index in [9.17, 15) is 4.79 Å². The van der Waals surface area contributed by atoms with Gasteiger partial charge in [-0.05, 0) is 38.5 Å². The van der Waals surface area contributed by atoms with Crippen LogP contribution in [0.3, 0.4) is 0 Å². The lowest BCUT2D eigenvalue weighted by molar-refractivity contribution is -0.123. The standard InChI is InChI=1S/C12H23N3O.ClH/c1-9(13)12(16)14-11-4-6-15(7-5-11)8-10-2-3-10;/h9-11H,2-8,13H2,1H3,(H,14,16);1H. The van der Waals surface area contributed by atoms with Gasteiger partial charge < -0.3 is 16.0 Å². The summed E-state index contributed by atoms with van der Waals surface area (Å²) in [4.78, 5) is 14.0. The van der Waals surface area contributed by atoms with Gasteiger partial charge in [0.25, 0.3) is 0 Å². The van der Waals surface area contributed by atoms with Gasteiger partial charge in [-0.25, -0.2) is 0 Å². The Morgan fingerprint density at radius 3 is 2.41 bits per heavy atom. The molecular weight excluding hydrogens is 238 g/mol. The maximum absolute atomic E-state index is 11.4. The molecule has 0 bridgehead atoms. The highest BCUT2D eigenvalue weighted by molar-refractivity contribution is 5.85. The van der Waals surface area contributed by atoms with Crippen LogP contribution < -0.4 is 11.1 Å². The van der Waals surface area contributed by atoms with Crippen molar-refractivity contribution >= 4 is 18.3 Å². The molecule has 4 nitrogen and oxygen atoms in total. The number of nitrogens with zero attached hydrogens (tertiary/aromatic N) is 1. The van der Waals surface area contributed by atoms with Gasteiger partial charge in [0.05, 0.1) is 6.04 Å². The second-order valence-corrected chi connectivity index (χ2v) is 5.32. The Hall–Kier alpha value is -0.320. The zero-order chi connectivity index (χ0) is 11.5. The molecule has 1 aliphatic heterocycles. The molecule has 1 unspecified atom stereocenters. The minimum absolute atomic E-state index is 0. The molecule has 5 heteroatoms. The highest BCUT2D eigenvalue weighted by atomic mass is 35.5. The number of halogens is 1. The molecule has 2 fully saturated rings. The molecule has 1 saturated carbocycles. The molecule has 17 heavy (non-hydrogen) atoms. The molecule has 0 spiro atoms. The molecule has 0 aromatic rings. The van der Waals surface area contributed by atoms with E-state index in [1.807, 2.05) is 0 Å². The topological polar surface area (TPSA) is 58.4 Å². The smallest absolute Gasteiger partial charge is 0.236 e. The van der Waals surface area contributed by atoms with Crippen molar-refractivity contribution in [3.8, 4) is 0 Å². The van der Waals surface area contributed by atoms with Gasteiger partial charge in [0, 0.05) is 25.7 Å². The lowest BCUT2D eigenvalue weighted by Crippen LogP contribution is -2.49. The Kier molecular flexibility index (Phi) is 5.70. The molecular formula is C12H24ClN3O. The van der Waals surface area contributed by atoms with Crippen molar-refractivity contribution in [3.05, 3.63) is 0 Å². The molecule has 100 valence electrons. The Bertz CT molecular complexity index is 248. The summed E-state index contributed by atoms with van der Waals surface area (Å²) in [5, 5.41) is 3.02. The Morgan fingerprint density at radius 1 is 1.35 bits per heavy atom. The van der Waals surface area contributed by atoms with Crippen molar-refractivity contribution in [2.45, 2.75) is 44.7 Å². The van der Waals surface area contributed by atoms with Crippen LogP contribution in [0.4, 0.5) is 0 Å². The minimum atomic E-state index is -0.385. The summed E-state index contributed by atoms with van der Waals surface area (Å²) in [7, 11) is 0. The first-order chi connectivity index (χ1) is 7.65. The van der Waals surface area contributed by atoms with E-state index in [4.69, 9.17) is 5.73 Å². The molecule has 1 atom stereocenters. The zero-order valence-electron chi connectivity index (χ0n) is 10.5. The SMILES string of the molecule is CC(N)C(=O)NC1CCN(CC2CC2)CC1.Cl. The van der Waals surface area contributed by atoms with Crippen molar-refractivity contribution in [3.63, 3.8) is 0 Å². The molecule has 0 aromatic heterocycles. The fourth-order valence-electron chi connectivity index (χ4n) is 2.26. The van der Waals surface area contributed by atoms with Crippen molar-refractivity contribution in [1.82, 2.24) is 10.2 Å². The second kappa shape index (κ2) is 6.57. The quantitative estimate of drug-likeness (QED) is 0.785. The summed E-state index contributed by atoms with van der Waals surface area (Å²) in [6.45, 7) is 5.26. The summed E-state index contributed by atoms with van der Waals surface area (Å²) in [5.74, 6) is 0.954. The summed E-state index contributed by atoms with van der Waals surface area (Å²) < 4.78 is 0. The number of hydrogen-bond acceptors (Lipinski definition) is 3. The molecule has 0 radical (unpaired) electrons. The van der Waals surface area contributed by atoms with Crippen LogP contribution in [0.5, 0.6) is 0 Å². The lowest BCUT2D eigenvalue weighted by atomic mass is 10.0. The fourth-order valence-corrected chi connectivity index (χ4v) is 2.26. The van der Waals surface area contributed by atoms with Gasteiger partial charge >= 0.3 is 0 Å². The van der Waals surface area contributed by atoms with Gasteiger partial charge in [-0.3, -0.25) is 4.79 Å². The number of rotatable bonds is 4. The average molecular weight is 262 g/mol. The number of amides is 1. The summed E-state index contributed by atoms with van der Waals surface area (Å²) in [5.41, 5.74) is 5.53. The number of carbonyl (C=O) groups is 1. The maximum Gasteiger partial charge on any atom is 0.236 e. The predicted molar refractivity (Wildman–Crippen MR) is 71.2 cm³/mol. The van der Waals surface area contributed by atoms with Crippen LogP contribution in [0.2, 0.25) is 0 Å². The van der Waals surface area contributed by atoms with Crippen molar-refractivity contribution in [1.29, 1.82) is 0 Å². The molecule has 0 aromatic carbocycles. The predicted octanol–water partition coefficient (Wildman–Crippen LogP) is 0.746. The van der Waals surface area contributed by atoms with Gasteiger partial charge in [-0.1, -0.05) is 0 Å². The number of nitrogens with two attached hydrogens (primary N) is 1. The third kappa shape index (κ3) is 4.82. The van der Waals surface area contributed by atoms with Gasteiger partial charge in [0.15, 0.2) is 0 Å². The van der Waals surface area contributed by atoms with Gasteiger partial charge in [0.2, 0.25) is 5.91 Å². The monoisotopic (exact) mass is 261 g/mol. The van der Waals surface area contributed by atoms with Crippen LogP contribution in [0.15, 0.2) is 0 Å². The van der Waals surface area contributed by atoms with Crippen LogP contribution in [-0.4, -0.2) is 42.5 Å². The largest absolute Gasteiger partial charge is 0.352 e. The van der Waals surface area contributed by atoms with E-state index >= 15 is 0 Å². The molecule has 1 aliphatic carbocycles. The van der Waals surface area contributed by atoms with Crippen molar-refractivity contribution in [2.75, 3.05) is 19.6 Å². The molecule has 3 N–H and O–H groups in total. The van der Waals surface area contributed by atoms with E-state index in [1.165, 1.54) is 19.4 Å². The van der Waals surface area contributed by atoms with Crippen molar-refractivity contribution in [2.24, 2.45) is 11.7 Å². The van der Waals surface area contributed by atoms with Crippen LogP contribution in [-0.2, 0) is 4.79 Å². The Labute approximate surface area is 110 Å². The van der Waals surface area contributed by atoms with E-state index in [1.54, 1.807) is 6.92 Å². The maximum atomic E-state index is 11.4. The third-order valence-electron chi connectivity index (χ3n) is 3.56. The zero-order valence-corrected chi connectivity index (χ0v) is 11.3.